The van der Waals surface area contributed by atoms with Gasteiger partial charge in [-0.25, -0.2) is 9.59 Å². The Kier molecular flexibility index (Phi) is 9.78. The highest BCUT2D eigenvalue weighted by molar-refractivity contribution is 5.82. The molecule has 0 aliphatic heterocycles. The summed E-state index contributed by atoms with van der Waals surface area (Å²) in [5, 5.41) is 11.9. The highest BCUT2D eigenvalue weighted by atomic mass is 16.5. The van der Waals surface area contributed by atoms with Crippen LogP contribution >= 0.6 is 0 Å². The number of ether oxygens (including phenoxy) is 1. The molecule has 2 amide bonds. The van der Waals surface area contributed by atoms with Crippen LogP contribution in [0.25, 0.3) is 0 Å². The van der Waals surface area contributed by atoms with Crippen LogP contribution in [0.2, 0.25) is 0 Å². The van der Waals surface area contributed by atoms with Crippen molar-refractivity contribution in [3.8, 4) is 0 Å². The lowest BCUT2D eigenvalue weighted by Crippen LogP contribution is -2.52. The number of urea groups is 1. The molecule has 21 heavy (non-hydrogen) atoms. The first-order valence-electron chi connectivity index (χ1n) is 7.66. The number of nitrogens with one attached hydrogen (secondary N) is 1. The molecule has 0 unspecified atom stereocenters. The zero-order chi connectivity index (χ0) is 16.4. The number of nitrogens with zero attached hydrogens (tertiary/aromatic N) is 1. The summed E-state index contributed by atoms with van der Waals surface area (Å²) in [4.78, 5) is 25.3. The Morgan fingerprint density at radius 3 is 2.19 bits per heavy atom. The average molecular weight is 302 g/mol. The minimum atomic E-state index is -0.992. The largest absolute Gasteiger partial charge is 0.480 e. The number of carboxylic acids is 1. The lowest BCUT2D eigenvalue weighted by molar-refractivity contribution is -0.139. The second kappa shape index (κ2) is 10.4. The maximum Gasteiger partial charge on any atom is 0.326 e. The highest BCUT2D eigenvalue weighted by Gasteiger charge is 2.26. The predicted octanol–water partition coefficient (Wildman–Crippen LogP) is 2.33. The van der Waals surface area contributed by atoms with Gasteiger partial charge in [0.2, 0.25) is 0 Å². The first-order valence-corrected chi connectivity index (χ1v) is 7.66. The maximum atomic E-state index is 12.4. The molecule has 124 valence electrons. The third kappa shape index (κ3) is 7.32. The molecule has 2 N–H and O–H groups in total. The number of rotatable bonds is 10. The summed E-state index contributed by atoms with van der Waals surface area (Å²) < 4.78 is 5.04. The molecule has 0 rings (SSSR count). The molecule has 0 aromatic heterocycles. The van der Waals surface area contributed by atoms with Crippen LogP contribution in [0.15, 0.2) is 0 Å². The van der Waals surface area contributed by atoms with Gasteiger partial charge in [-0.1, -0.05) is 27.7 Å². The summed E-state index contributed by atoms with van der Waals surface area (Å²) in [5.74, 6) is -0.791. The zero-order valence-electron chi connectivity index (χ0n) is 13.9. The SMILES string of the molecule is CCC(CC)N(CCOC)C(=O)N[C@H](CC(C)C)C(=O)O. The van der Waals surface area contributed by atoms with Crippen LogP contribution < -0.4 is 5.32 Å². The van der Waals surface area contributed by atoms with Crippen molar-refractivity contribution in [3.63, 3.8) is 0 Å². The predicted molar refractivity (Wildman–Crippen MR) is 82.4 cm³/mol. The fourth-order valence-electron chi connectivity index (χ4n) is 2.29. The van der Waals surface area contributed by atoms with Crippen molar-refractivity contribution >= 4 is 12.0 Å². The number of hydrogen-bond donors (Lipinski definition) is 2. The van der Waals surface area contributed by atoms with Gasteiger partial charge in [0.05, 0.1) is 6.61 Å². The Morgan fingerprint density at radius 2 is 1.81 bits per heavy atom. The molecule has 0 heterocycles. The minimum Gasteiger partial charge on any atom is -0.480 e. The second-order valence-electron chi connectivity index (χ2n) is 5.63. The Bertz CT molecular complexity index is 317. The van der Waals surface area contributed by atoms with Crippen molar-refractivity contribution in [2.45, 2.75) is 59.0 Å². The van der Waals surface area contributed by atoms with E-state index in [1.54, 1.807) is 12.0 Å². The van der Waals surface area contributed by atoms with Gasteiger partial charge in [0.15, 0.2) is 0 Å². The quantitative estimate of drug-likeness (QED) is 0.649. The Hall–Kier alpha value is -1.30. The van der Waals surface area contributed by atoms with E-state index in [4.69, 9.17) is 4.74 Å². The van der Waals surface area contributed by atoms with Crippen LogP contribution in [-0.2, 0) is 9.53 Å². The fourth-order valence-corrected chi connectivity index (χ4v) is 2.29. The van der Waals surface area contributed by atoms with E-state index in [-0.39, 0.29) is 18.0 Å². The summed E-state index contributed by atoms with van der Waals surface area (Å²) in [6.07, 6.45) is 2.08. The van der Waals surface area contributed by atoms with E-state index in [0.717, 1.165) is 12.8 Å². The molecule has 1 atom stereocenters. The first kappa shape index (κ1) is 19.7. The zero-order valence-corrected chi connectivity index (χ0v) is 13.9. The minimum absolute atomic E-state index is 0.0913. The number of aliphatic carboxylic acids is 1. The first-order chi connectivity index (χ1) is 9.87. The standard InChI is InChI=1S/C15H30N2O4/c1-6-12(7-2)17(8-9-21-5)15(20)16-13(14(18)19)10-11(3)4/h11-13H,6-10H2,1-5H3,(H,16,20)(H,18,19)/t13-/m1/s1. The van der Waals surface area contributed by atoms with E-state index < -0.39 is 12.0 Å². The van der Waals surface area contributed by atoms with Gasteiger partial charge >= 0.3 is 12.0 Å². The molecule has 0 fully saturated rings. The number of carboxylic acid groups (broad SMARTS) is 1. The molecular weight excluding hydrogens is 272 g/mol. The molecule has 0 spiro atoms. The van der Waals surface area contributed by atoms with Crippen LogP contribution in [0.1, 0.15) is 47.0 Å². The summed E-state index contributed by atoms with van der Waals surface area (Å²) in [6, 6.07) is -1.08. The van der Waals surface area contributed by atoms with Crippen LogP contribution in [0.5, 0.6) is 0 Å². The third-order valence-corrected chi connectivity index (χ3v) is 3.48. The van der Waals surface area contributed by atoms with Crippen LogP contribution in [0.4, 0.5) is 4.79 Å². The third-order valence-electron chi connectivity index (χ3n) is 3.48. The monoisotopic (exact) mass is 302 g/mol. The number of carbonyl (C=O) groups is 2. The maximum absolute atomic E-state index is 12.4. The van der Waals surface area contributed by atoms with Gasteiger partial charge in [-0.05, 0) is 25.2 Å². The summed E-state index contributed by atoms with van der Waals surface area (Å²) in [7, 11) is 1.59. The summed E-state index contributed by atoms with van der Waals surface area (Å²) >= 11 is 0. The normalized spacial score (nSPS) is 12.5. The molecule has 0 radical (unpaired) electrons. The molecule has 0 saturated heterocycles. The molecule has 6 heteroatoms. The smallest absolute Gasteiger partial charge is 0.326 e. The molecule has 0 aromatic carbocycles. The van der Waals surface area contributed by atoms with Crippen molar-refractivity contribution < 1.29 is 19.4 Å². The van der Waals surface area contributed by atoms with E-state index in [1.807, 2.05) is 27.7 Å². The molecule has 0 aromatic rings. The lowest BCUT2D eigenvalue weighted by Gasteiger charge is -2.31. The van der Waals surface area contributed by atoms with E-state index in [1.165, 1.54) is 0 Å². The Balaban J connectivity index is 4.87. The Morgan fingerprint density at radius 1 is 1.24 bits per heavy atom. The van der Waals surface area contributed by atoms with Gasteiger partial charge in [0, 0.05) is 19.7 Å². The van der Waals surface area contributed by atoms with Gasteiger partial charge < -0.3 is 20.1 Å². The van der Waals surface area contributed by atoms with E-state index in [2.05, 4.69) is 5.32 Å². The van der Waals surface area contributed by atoms with Gasteiger partial charge in [0.25, 0.3) is 0 Å². The molecule has 0 bridgehead atoms. The van der Waals surface area contributed by atoms with Gasteiger partial charge in [-0.3, -0.25) is 0 Å². The average Bonchev–Trinajstić information content (AvgIpc) is 2.41. The topological polar surface area (TPSA) is 78.9 Å². The van der Waals surface area contributed by atoms with Crippen molar-refractivity contribution in [3.05, 3.63) is 0 Å². The van der Waals surface area contributed by atoms with Crippen molar-refractivity contribution in [1.29, 1.82) is 0 Å². The van der Waals surface area contributed by atoms with Crippen LogP contribution in [0, 0.1) is 5.92 Å². The highest BCUT2D eigenvalue weighted by Crippen LogP contribution is 2.11. The van der Waals surface area contributed by atoms with E-state index in [0.29, 0.717) is 19.6 Å². The second-order valence-corrected chi connectivity index (χ2v) is 5.63. The van der Waals surface area contributed by atoms with Gasteiger partial charge in [-0.2, -0.15) is 0 Å². The molecule has 0 aliphatic carbocycles. The number of hydrogen-bond acceptors (Lipinski definition) is 3. The number of amides is 2. The van der Waals surface area contributed by atoms with Crippen molar-refractivity contribution in [1.82, 2.24) is 10.2 Å². The van der Waals surface area contributed by atoms with Crippen LogP contribution in [-0.4, -0.2) is 54.4 Å². The van der Waals surface area contributed by atoms with E-state index >= 15 is 0 Å². The summed E-state index contributed by atoms with van der Waals surface area (Å²) in [5.41, 5.74) is 0. The number of methoxy groups -OCH3 is 1. The molecular formula is C15H30N2O4. The fraction of sp³-hybridized carbons (Fsp3) is 0.867. The van der Waals surface area contributed by atoms with E-state index in [9.17, 15) is 14.7 Å². The molecule has 0 saturated carbocycles. The lowest BCUT2D eigenvalue weighted by atomic mass is 10.0. The molecule has 0 aliphatic rings. The van der Waals surface area contributed by atoms with Gasteiger partial charge in [0.1, 0.15) is 6.04 Å². The summed E-state index contributed by atoms with van der Waals surface area (Å²) in [6.45, 7) is 8.81. The Labute approximate surface area is 127 Å². The molecule has 6 nitrogen and oxygen atoms in total. The van der Waals surface area contributed by atoms with Crippen molar-refractivity contribution in [2.24, 2.45) is 5.92 Å². The number of carbonyl (C=O) groups excluding carboxylic acids is 1. The van der Waals surface area contributed by atoms with Crippen molar-refractivity contribution in [2.75, 3.05) is 20.3 Å². The van der Waals surface area contributed by atoms with Crippen LogP contribution in [0.3, 0.4) is 0 Å². The van der Waals surface area contributed by atoms with Gasteiger partial charge in [-0.15, -0.1) is 0 Å².